The maximum Gasteiger partial charge on any atom is 0.0946 e. The second-order valence-electron chi connectivity index (χ2n) is 5.46. The van der Waals surface area contributed by atoms with Crippen molar-refractivity contribution < 1.29 is 13.0 Å². The molecule has 1 heterocycles. The molecule has 130 valence electrons. The van der Waals surface area contributed by atoms with Gasteiger partial charge >= 0.3 is 0 Å². The smallest absolute Gasteiger partial charge is 0.0946 e. The quantitative estimate of drug-likeness (QED) is 0.569. The molecule has 0 aliphatic carbocycles. The summed E-state index contributed by atoms with van der Waals surface area (Å²) in [6.07, 6.45) is 3.93. The van der Waals surface area contributed by atoms with Crippen LogP contribution in [0.5, 0.6) is 0 Å². The van der Waals surface area contributed by atoms with E-state index in [1.807, 2.05) is 65.6 Å². The maximum atomic E-state index is 10.8. The highest BCUT2D eigenvalue weighted by Gasteiger charge is 2.23. The molecule has 3 rings (SSSR count). The van der Waals surface area contributed by atoms with Crippen LogP contribution in [0, 0.1) is 0 Å². The summed E-state index contributed by atoms with van der Waals surface area (Å²) in [6.45, 7) is 0.469. The number of nitrogens with zero attached hydrogens (tertiary/aromatic N) is 2. The van der Waals surface area contributed by atoms with Crippen molar-refractivity contribution in [3.8, 4) is 0 Å². The summed E-state index contributed by atoms with van der Waals surface area (Å²) in [6, 6.07) is 17.5. The van der Waals surface area contributed by atoms with Crippen molar-refractivity contribution in [3.63, 3.8) is 0 Å². The Bertz CT molecular complexity index is 894. The molecule has 7 heteroatoms. The predicted molar refractivity (Wildman–Crippen MR) is 102 cm³/mol. The number of rotatable bonds is 6. The summed E-state index contributed by atoms with van der Waals surface area (Å²) < 4.78 is 32.5. The van der Waals surface area contributed by atoms with E-state index in [1.165, 1.54) is 0 Å². The standard InChI is InChI=1S/C18H18N2O3S2/c21-25(22,23)14-6-13-20-16-9-4-5-10-17(16)24-18(20)11-12-19-15-7-2-1-3-8-15/h1-5,7-12H,6,13-14H2,(H,21,22,23)/p-1/b18-11+,19-12?. The zero-order valence-electron chi connectivity index (χ0n) is 13.4. The van der Waals surface area contributed by atoms with Crippen molar-refractivity contribution in [1.29, 1.82) is 0 Å². The van der Waals surface area contributed by atoms with Gasteiger partial charge in [0, 0.05) is 23.4 Å². The van der Waals surface area contributed by atoms with E-state index in [4.69, 9.17) is 0 Å². The highest BCUT2D eigenvalue weighted by atomic mass is 32.2. The fourth-order valence-electron chi connectivity index (χ4n) is 2.51. The molecule has 0 aromatic heterocycles. The van der Waals surface area contributed by atoms with Gasteiger partial charge in [0.15, 0.2) is 0 Å². The molecule has 0 bridgehead atoms. The van der Waals surface area contributed by atoms with Crippen LogP contribution in [-0.4, -0.2) is 31.5 Å². The topological polar surface area (TPSA) is 72.8 Å². The lowest BCUT2D eigenvalue weighted by Crippen LogP contribution is -2.21. The number of thioether (sulfide) groups is 1. The highest BCUT2D eigenvalue weighted by Crippen LogP contribution is 2.45. The van der Waals surface area contributed by atoms with Gasteiger partial charge in [-0.1, -0.05) is 42.1 Å². The lowest BCUT2D eigenvalue weighted by atomic mass is 10.3. The Morgan fingerprint density at radius 3 is 2.56 bits per heavy atom. The van der Waals surface area contributed by atoms with Gasteiger partial charge in [-0.25, -0.2) is 8.42 Å². The first-order valence-electron chi connectivity index (χ1n) is 7.80. The average molecular weight is 373 g/mol. The molecule has 1 aliphatic rings. The van der Waals surface area contributed by atoms with E-state index in [9.17, 15) is 13.0 Å². The highest BCUT2D eigenvalue weighted by molar-refractivity contribution is 8.03. The molecule has 0 atom stereocenters. The number of hydrogen-bond donors (Lipinski definition) is 0. The van der Waals surface area contributed by atoms with E-state index < -0.39 is 10.1 Å². The molecular weight excluding hydrogens is 356 g/mol. The van der Waals surface area contributed by atoms with Crippen molar-refractivity contribution in [2.75, 3.05) is 17.2 Å². The Morgan fingerprint density at radius 2 is 1.80 bits per heavy atom. The number of allylic oxidation sites excluding steroid dienone is 1. The third-order valence-corrected chi connectivity index (χ3v) is 5.53. The van der Waals surface area contributed by atoms with Crippen LogP contribution in [0.3, 0.4) is 0 Å². The molecule has 5 nitrogen and oxygen atoms in total. The molecule has 0 saturated carbocycles. The van der Waals surface area contributed by atoms with Gasteiger partial charge in [-0.2, -0.15) is 0 Å². The van der Waals surface area contributed by atoms with Crippen LogP contribution < -0.4 is 4.90 Å². The Morgan fingerprint density at radius 1 is 1.08 bits per heavy atom. The van der Waals surface area contributed by atoms with E-state index >= 15 is 0 Å². The summed E-state index contributed by atoms with van der Waals surface area (Å²) in [5.74, 6) is -0.359. The van der Waals surface area contributed by atoms with Gasteiger partial charge in [-0.15, -0.1) is 0 Å². The lowest BCUT2D eigenvalue weighted by Gasteiger charge is -2.20. The number of anilines is 1. The number of hydrogen-bond acceptors (Lipinski definition) is 6. The van der Waals surface area contributed by atoms with Crippen LogP contribution in [0.4, 0.5) is 11.4 Å². The van der Waals surface area contributed by atoms with Gasteiger partial charge in [0.1, 0.15) is 0 Å². The van der Waals surface area contributed by atoms with E-state index in [2.05, 4.69) is 4.99 Å². The molecule has 0 amide bonds. The van der Waals surface area contributed by atoms with Crippen molar-refractivity contribution in [2.45, 2.75) is 11.3 Å². The van der Waals surface area contributed by atoms with Gasteiger partial charge in [0.05, 0.1) is 26.5 Å². The second kappa shape index (κ2) is 7.86. The van der Waals surface area contributed by atoms with Crippen LogP contribution in [0.1, 0.15) is 6.42 Å². The van der Waals surface area contributed by atoms with E-state index in [1.54, 1.807) is 18.0 Å². The predicted octanol–water partition coefficient (Wildman–Crippen LogP) is 3.78. The summed E-state index contributed by atoms with van der Waals surface area (Å²) in [7, 11) is -4.19. The van der Waals surface area contributed by atoms with Crippen LogP contribution in [-0.2, 0) is 10.1 Å². The SMILES string of the molecule is O=S(=O)([O-])CCCN1/C(=C\C=Nc2ccccc2)Sc2ccccc21. The molecular formula is C18H17N2O3S2-. The minimum Gasteiger partial charge on any atom is -0.748 e. The minimum atomic E-state index is -4.19. The van der Waals surface area contributed by atoms with E-state index in [-0.39, 0.29) is 12.2 Å². The van der Waals surface area contributed by atoms with Crippen molar-refractivity contribution in [3.05, 3.63) is 65.7 Å². The summed E-state index contributed by atoms with van der Waals surface area (Å²) >= 11 is 1.61. The summed E-state index contributed by atoms with van der Waals surface area (Å²) in [5.41, 5.74) is 1.89. The Hall–Kier alpha value is -2.09. The third kappa shape index (κ3) is 4.94. The fourth-order valence-corrected chi connectivity index (χ4v) is 4.07. The normalized spacial score (nSPS) is 15.9. The zero-order chi connectivity index (χ0) is 17.7. The van der Waals surface area contributed by atoms with E-state index in [0.29, 0.717) is 6.54 Å². The summed E-state index contributed by atoms with van der Waals surface area (Å²) in [4.78, 5) is 7.53. The second-order valence-corrected chi connectivity index (χ2v) is 8.04. The molecule has 2 aromatic rings. The number of aliphatic imine (C=N–C) groups is 1. The van der Waals surface area contributed by atoms with Gasteiger partial charge in [-0.05, 0) is 36.8 Å². The number of fused-ring (bicyclic) bond motifs is 1. The summed E-state index contributed by atoms with van der Waals surface area (Å²) in [5, 5.41) is 0.962. The molecule has 0 fully saturated rings. The molecule has 0 unspecified atom stereocenters. The van der Waals surface area contributed by atoms with Crippen LogP contribution in [0.25, 0.3) is 0 Å². The van der Waals surface area contributed by atoms with Crippen molar-refractivity contribution in [2.24, 2.45) is 4.99 Å². The Kier molecular flexibility index (Phi) is 5.57. The number of benzene rings is 2. The average Bonchev–Trinajstić information content (AvgIpc) is 2.93. The first kappa shape index (κ1) is 17.7. The van der Waals surface area contributed by atoms with Crippen LogP contribution in [0.2, 0.25) is 0 Å². The largest absolute Gasteiger partial charge is 0.748 e. The lowest BCUT2D eigenvalue weighted by molar-refractivity contribution is 0.461. The first-order chi connectivity index (χ1) is 12.0. The fraction of sp³-hybridized carbons (Fsp3) is 0.167. The monoisotopic (exact) mass is 373 g/mol. The molecule has 0 spiro atoms. The molecule has 0 saturated heterocycles. The zero-order valence-corrected chi connectivity index (χ0v) is 15.0. The first-order valence-corrected chi connectivity index (χ1v) is 10.2. The molecule has 0 N–H and O–H groups in total. The molecule has 0 radical (unpaired) electrons. The Labute approximate surface area is 151 Å². The molecule has 25 heavy (non-hydrogen) atoms. The van der Waals surface area contributed by atoms with Gasteiger partial charge in [0.25, 0.3) is 0 Å². The van der Waals surface area contributed by atoms with Crippen molar-refractivity contribution >= 4 is 39.5 Å². The van der Waals surface area contributed by atoms with Crippen molar-refractivity contribution in [1.82, 2.24) is 0 Å². The Balaban J connectivity index is 1.77. The van der Waals surface area contributed by atoms with Gasteiger partial charge < -0.3 is 9.45 Å². The minimum absolute atomic E-state index is 0.286. The van der Waals surface area contributed by atoms with Crippen LogP contribution in [0.15, 0.2) is 75.6 Å². The molecule has 2 aromatic carbocycles. The third-order valence-electron chi connectivity index (χ3n) is 3.61. The van der Waals surface area contributed by atoms with Gasteiger partial charge in [0.2, 0.25) is 0 Å². The maximum absolute atomic E-state index is 10.8. The van der Waals surface area contributed by atoms with E-state index in [0.717, 1.165) is 21.3 Å². The van der Waals surface area contributed by atoms with Crippen LogP contribution >= 0.6 is 11.8 Å². The van der Waals surface area contributed by atoms with Gasteiger partial charge in [-0.3, -0.25) is 4.99 Å². The molecule has 1 aliphatic heterocycles. The number of para-hydroxylation sites is 2.